The normalized spacial score (nSPS) is 10.6. The van der Waals surface area contributed by atoms with Gasteiger partial charge in [0.2, 0.25) is 0 Å². The Morgan fingerprint density at radius 3 is 2.53 bits per heavy atom. The van der Waals surface area contributed by atoms with E-state index in [1.807, 2.05) is 0 Å². The van der Waals surface area contributed by atoms with Gasteiger partial charge in [-0.3, -0.25) is 0 Å². The van der Waals surface area contributed by atoms with Gasteiger partial charge in [-0.2, -0.15) is 0 Å². The molecule has 0 saturated heterocycles. The van der Waals surface area contributed by atoms with E-state index in [-0.39, 0.29) is 5.97 Å². The van der Waals surface area contributed by atoms with Gasteiger partial charge < -0.3 is 9.47 Å². The van der Waals surface area contributed by atoms with Crippen LogP contribution in [0.1, 0.15) is 58.8 Å². The number of unbranched alkanes of at least 4 members (excludes halogenated alkanes) is 5. The van der Waals surface area contributed by atoms with Crippen molar-refractivity contribution in [3.05, 3.63) is 24.5 Å². The minimum Gasteiger partial charge on any atom is -0.502 e. The van der Waals surface area contributed by atoms with Crippen molar-refractivity contribution in [2.45, 2.75) is 58.8 Å². The van der Waals surface area contributed by atoms with E-state index in [0.29, 0.717) is 18.8 Å². The monoisotopic (exact) mass is 268 g/mol. The van der Waals surface area contributed by atoms with Crippen LogP contribution in [0.25, 0.3) is 0 Å². The molecule has 0 unspecified atom stereocenters. The number of allylic oxidation sites excluding steroid dienone is 1. The largest absolute Gasteiger partial charge is 0.502 e. The van der Waals surface area contributed by atoms with Gasteiger partial charge in [-0.05, 0) is 38.7 Å². The molecule has 0 fully saturated rings. The minimum atomic E-state index is -0.312. The van der Waals surface area contributed by atoms with Gasteiger partial charge in [0.1, 0.15) is 0 Å². The molecule has 0 aliphatic rings. The van der Waals surface area contributed by atoms with E-state index >= 15 is 0 Å². The molecule has 0 aliphatic carbocycles. The van der Waals surface area contributed by atoms with Gasteiger partial charge in [0.15, 0.2) is 0 Å². The van der Waals surface area contributed by atoms with E-state index in [2.05, 4.69) is 19.6 Å². The first-order valence-corrected chi connectivity index (χ1v) is 7.27. The summed E-state index contributed by atoms with van der Waals surface area (Å²) >= 11 is 0. The predicted molar refractivity (Wildman–Crippen MR) is 78.9 cm³/mol. The van der Waals surface area contributed by atoms with Crippen LogP contribution in [-0.2, 0) is 14.3 Å². The number of ether oxygens (including phenoxy) is 2. The third-order valence-electron chi connectivity index (χ3n) is 2.65. The Hall–Kier alpha value is -1.25. The first-order chi connectivity index (χ1) is 9.18. The zero-order valence-electron chi connectivity index (χ0n) is 12.5. The molecule has 3 nitrogen and oxygen atoms in total. The summed E-state index contributed by atoms with van der Waals surface area (Å²) in [6, 6.07) is 0. The predicted octanol–water partition coefficient (Wildman–Crippen LogP) is 4.39. The summed E-state index contributed by atoms with van der Waals surface area (Å²) in [5.41, 5.74) is 0.447. The molecule has 0 amide bonds. The van der Waals surface area contributed by atoms with Gasteiger partial charge >= 0.3 is 5.97 Å². The van der Waals surface area contributed by atoms with Crippen molar-refractivity contribution in [1.82, 2.24) is 0 Å². The number of rotatable bonds is 12. The molecule has 0 aromatic carbocycles. The zero-order valence-corrected chi connectivity index (χ0v) is 12.5. The van der Waals surface area contributed by atoms with Crippen LogP contribution in [0.2, 0.25) is 0 Å². The highest BCUT2D eigenvalue weighted by atomic mass is 16.5. The van der Waals surface area contributed by atoms with Gasteiger partial charge in [-0.1, -0.05) is 32.8 Å². The maximum atomic E-state index is 11.1. The molecule has 0 bridgehead atoms. The second-order valence-corrected chi connectivity index (χ2v) is 4.72. The molecule has 0 N–H and O–H groups in total. The van der Waals surface area contributed by atoms with Crippen LogP contribution in [0.4, 0.5) is 0 Å². The van der Waals surface area contributed by atoms with Crippen LogP contribution in [0.15, 0.2) is 24.5 Å². The highest BCUT2D eigenvalue weighted by Crippen LogP contribution is 2.03. The Labute approximate surface area is 117 Å². The van der Waals surface area contributed by atoms with Gasteiger partial charge in [-0.15, -0.1) is 0 Å². The fourth-order valence-electron chi connectivity index (χ4n) is 1.47. The first kappa shape index (κ1) is 17.8. The summed E-state index contributed by atoms with van der Waals surface area (Å²) in [7, 11) is 0. The lowest BCUT2D eigenvalue weighted by molar-refractivity contribution is -0.139. The fraction of sp³-hybridized carbons (Fsp3) is 0.688. The van der Waals surface area contributed by atoms with Crippen LogP contribution < -0.4 is 0 Å². The minimum absolute atomic E-state index is 0.312. The summed E-state index contributed by atoms with van der Waals surface area (Å²) in [6.45, 7) is 8.50. The van der Waals surface area contributed by atoms with Gasteiger partial charge in [0.05, 0.1) is 19.5 Å². The molecule has 0 aromatic rings. The number of hydrogen-bond acceptors (Lipinski definition) is 3. The molecule has 0 heterocycles. The molecule has 19 heavy (non-hydrogen) atoms. The molecule has 0 rings (SSSR count). The molecule has 0 aliphatic heterocycles. The summed E-state index contributed by atoms with van der Waals surface area (Å²) in [5, 5.41) is 0. The maximum absolute atomic E-state index is 11.1. The van der Waals surface area contributed by atoms with Crippen LogP contribution in [0.3, 0.4) is 0 Å². The number of carbonyl (C=O) groups is 1. The van der Waals surface area contributed by atoms with E-state index in [9.17, 15) is 4.79 Å². The van der Waals surface area contributed by atoms with Gasteiger partial charge in [0.25, 0.3) is 0 Å². The van der Waals surface area contributed by atoms with Crippen LogP contribution in [-0.4, -0.2) is 19.2 Å². The molecule has 0 aromatic heterocycles. The molecule has 0 saturated carbocycles. The second-order valence-electron chi connectivity index (χ2n) is 4.72. The Morgan fingerprint density at radius 2 is 1.84 bits per heavy atom. The molecule has 0 radical (unpaired) electrons. The smallest absolute Gasteiger partial charge is 0.333 e. The Bertz CT molecular complexity index is 269. The van der Waals surface area contributed by atoms with E-state index in [1.54, 1.807) is 13.2 Å². The van der Waals surface area contributed by atoms with E-state index in [1.165, 1.54) is 25.7 Å². The average Bonchev–Trinajstić information content (AvgIpc) is 2.39. The molecule has 0 atom stereocenters. The van der Waals surface area contributed by atoms with Crippen LogP contribution in [0, 0.1) is 0 Å². The lowest BCUT2D eigenvalue weighted by atomic mass is 10.1. The average molecular weight is 268 g/mol. The number of hydrogen-bond donors (Lipinski definition) is 0. The summed E-state index contributed by atoms with van der Waals surface area (Å²) < 4.78 is 10.3. The molecular formula is C16H28O3. The van der Waals surface area contributed by atoms with Crippen molar-refractivity contribution in [2.24, 2.45) is 0 Å². The molecule has 3 heteroatoms. The first-order valence-electron chi connectivity index (χ1n) is 7.27. The lowest BCUT2D eigenvalue weighted by Gasteiger charge is -2.04. The topological polar surface area (TPSA) is 35.5 Å². The van der Waals surface area contributed by atoms with Crippen molar-refractivity contribution in [3.8, 4) is 0 Å². The third-order valence-corrected chi connectivity index (χ3v) is 2.65. The Kier molecular flexibility index (Phi) is 12.3. The van der Waals surface area contributed by atoms with Crippen molar-refractivity contribution >= 4 is 5.97 Å². The van der Waals surface area contributed by atoms with E-state index in [4.69, 9.17) is 9.47 Å². The standard InChI is InChI=1S/C16H28O3/c1-4-5-6-7-8-9-12-18-13-10-11-14-19-16(17)15(2)3/h9,12H,2,4-8,10-11,13-14H2,1,3H3. The van der Waals surface area contributed by atoms with Crippen molar-refractivity contribution in [3.63, 3.8) is 0 Å². The molecule has 0 spiro atoms. The summed E-state index contributed by atoms with van der Waals surface area (Å²) in [5.74, 6) is -0.312. The molecule has 110 valence electrons. The van der Waals surface area contributed by atoms with Gasteiger partial charge in [0, 0.05) is 5.57 Å². The lowest BCUT2D eigenvalue weighted by Crippen LogP contribution is -2.06. The zero-order chi connectivity index (χ0) is 14.3. The van der Waals surface area contributed by atoms with Crippen molar-refractivity contribution in [2.75, 3.05) is 13.2 Å². The fourth-order valence-corrected chi connectivity index (χ4v) is 1.47. The highest BCUT2D eigenvalue weighted by Gasteiger charge is 2.01. The molecular weight excluding hydrogens is 240 g/mol. The Morgan fingerprint density at radius 1 is 1.11 bits per heavy atom. The quantitative estimate of drug-likeness (QED) is 0.228. The van der Waals surface area contributed by atoms with E-state index in [0.717, 1.165) is 19.3 Å². The van der Waals surface area contributed by atoms with Gasteiger partial charge in [-0.25, -0.2) is 4.79 Å². The highest BCUT2D eigenvalue weighted by molar-refractivity contribution is 5.86. The second kappa shape index (κ2) is 13.2. The third kappa shape index (κ3) is 13.0. The number of esters is 1. The van der Waals surface area contributed by atoms with Crippen molar-refractivity contribution in [1.29, 1.82) is 0 Å². The summed E-state index contributed by atoms with van der Waals surface area (Å²) in [4.78, 5) is 11.1. The van der Waals surface area contributed by atoms with Crippen LogP contribution >= 0.6 is 0 Å². The SMILES string of the molecule is C=C(C)C(=O)OCCCCOC=CCCCCCC. The van der Waals surface area contributed by atoms with Crippen molar-refractivity contribution < 1.29 is 14.3 Å². The van der Waals surface area contributed by atoms with Crippen LogP contribution in [0.5, 0.6) is 0 Å². The van der Waals surface area contributed by atoms with E-state index < -0.39 is 0 Å². The maximum Gasteiger partial charge on any atom is 0.333 e. The summed E-state index contributed by atoms with van der Waals surface area (Å²) in [6.07, 6.45) is 11.8. The Balaban J connectivity index is 3.20. The number of carbonyl (C=O) groups excluding carboxylic acids is 1.